The van der Waals surface area contributed by atoms with Crippen molar-refractivity contribution in [3.05, 3.63) is 63.3 Å². The average Bonchev–Trinajstić information content (AvgIpc) is 2.68. The first-order valence-corrected chi connectivity index (χ1v) is 9.96. The van der Waals surface area contributed by atoms with Crippen LogP contribution in [-0.4, -0.2) is 25.6 Å². The van der Waals surface area contributed by atoms with Crippen LogP contribution in [0.5, 0.6) is 5.75 Å². The number of fused-ring (bicyclic) bond motifs is 1. The zero-order chi connectivity index (χ0) is 20.4. The number of hydrogen-bond acceptors (Lipinski definition) is 5. The van der Waals surface area contributed by atoms with Gasteiger partial charge in [0.05, 0.1) is 23.1 Å². The van der Waals surface area contributed by atoms with Gasteiger partial charge in [-0.2, -0.15) is 0 Å². The van der Waals surface area contributed by atoms with Crippen LogP contribution >= 0.6 is 11.6 Å². The van der Waals surface area contributed by atoms with Crippen molar-refractivity contribution in [2.45, 2.75) is 25.9 Å². The van der Waals surface area contributed by atoms with E-state index in [1.807, 2.05) is 25.1 Å². The molecule has 6 heteroatoms. The number of aryl methyl sites for hydroxylation is 1. The molecule has 0 saturated heterocycles. The molecule has 1 aliphatic carbocycles. The van der Waals surface area contributed by atoms with E-state index in [1.165, 1.54) is 6.07 Å². The molecular weight excluding hydrogens is 392 g/mol. The van der Waals surface area contributed by atoms with Gasteiger partial charge < -0.3 is 18.7 Å². The highest BCUT2D eigenvalue weighted by molar-refractivity contribution is 6.34. The van der Waals surface area contributed by atoms with Gasteiger partial charge in [-0.25, -0.2) is 0 Å². The first-order chi connectivity index (χ1) is 14.0. The van der Waals surface area contributed by atoms with Crippen molar-refractivity contribution in [3.63, 3.8) is 0 Å². The number of hydrogen-bond donors (Lipinski definition) is 0. The van der Waals surface area contributed by atoms with Crippen LogP contribution in [0.2, 0.25) is 5.02 Å². The first-order valence-electron chi connectivity index (χ1n) is 9.58. The van der Waals surface area contributed by atoms with Gasteiger partial charge in [0.2, 0.25) is 0 Å². The zero-order valence-electron chi connectivity index (χ0n) is 16.0. The number of carbonyl (C=O) groups is 1. The Morgan fingerprint density at radius 3 is 2.76 bits per heavy atom. The zero-order valence-corrected chi connectivity index (χ0v) is 16.8. The van der Waals surface area contributed by atoms with Gasteiger partial charge in [0.1, 0.15) is 24.4 Å². The third kappa shape index (κ3) is 4.21. The van der Waals surface area contributed by atoms with Crippen LogP contribution in [-0.2, 0) is 9.53 Å². The Morgan fingerprint density at radius 2 is 2.00 bits per heavy atom. The van der Waals surface area contributed by atoms with E-state index in [2.05, 4.69) is 0 Å². The lowest BCUT2D eigenvalue weighted by molar-refractivity contribution is -0.119. The second-order valence-electron chi connectivity index (χ2n) is 7.28. The van der Waals surface area contributed by atoms with Crippen LogP contribution in [0.25, 0.3) is 22.3 Å². The van der Waals surface area contributed by atoms with E-state index in [-0.39, 0.29) is 17.5 Å². The summed E-state index contributed by atoms with van der Waals surface area (Å²) in [5, 5.41) is 0.868. The van der Waals surface area contributed by atoms with E-state index >= 15 is 0 Å². The monoisotopic (exact) mass is 412 g/mol. The van der Waals surface area contributed by atoms with E-state index in [1.54, 1.807) is 18.2 Å². The SMILES string of the molecule is Cc1cc(-c2cc(=O)c3cccc(Cl)c3o2)ccc1OCCOC1CC(C=O)C1. The van der Waals surface area contributed by atoms with Crippen molar-refractivity contribution >= 4 is 28.9 Å². The summed E-state index contributed by atoms with van der Waals surface area (Å²) < 4.78 is 17.4. The number of aldehydes is 1. The predicted octanol–water partition coefficient (Wildman–Crippen LogP) is 4.79. The first kappa shape index (κ1) is 19.7. The highest BCUT2D eigenvalue weighted by Gasteiger charge is 2.29. The maximum atomic E-state index is 12.4. The van der Waals surface area contributed by atoms with Gasteiger partial charge in [-0.1, -0.05) is 17.7 Å². The summed E-state index contributed by atoms with van der Waals surface area (Å²) in [5.41, 5.74) is 1.96. The summed E-state index contributed by atoms with van der Waals surface area (Å²) in [6.07, 6.45) is 2.77. The summed E-state index contributed by atoms with van der Waals surface area (Å²) in [4.78, 5) is 23.0. The normalized spacial score (nSPS) is 18.4. The maximum absolute atomic E-state index is 12.4. The molecule has 3 aromatic rings. The lowest BCUT2D eigenvalue weighted by atomic mass is 9.83. The minimum atomic E-state index is -0.133. The molecule has 1 aromatic heterocycles. The van der Waals surface area contributed by atoms with Gasteiger partial charge >= 0.3 is 0 Å². The number of ether oxygens (including phenoxy) is 2. The second-order valence-corrected chi connectivity index (χ2v) is 7.69. The minimum absolute atomic E-state index is 0.133. The number of halogens is 1. The van der Waals surface area contributed by atoms with Gasteiger partial charge in [-0.05, 0) is 55.7 Å². The van der Waals surface area contributed by atoms with Crippen molar-refractivity contribution in [1.29, 1.82) is 0 Å². The summed E-state index contributed by atoms with van der Waals surface area (Å²) in [6, 6.07) is 12.2. The van der Waals surface area contributed by atoms with Crippen molar-refractivity contribution < 1.29 is 18.7 Å². The molecule has 29 heavy (non-hydrogen) atoms. The van der Waals surface area contributed by atoms with Crippen LogP contribution in [0, 0.1) is 12.8 Å². The molecule has 0 N–H and O–H groups in total. The molecule has 0 aliphatic heterocycles. The lowest BCUT2D eigenvalue weighted by Crippen LogP contribution is -2.33. The Labute approximate surface area is 173 Å². The van der Waals surface area contributed by atoms with Crippen LogP contribution < -0.4 is 10.2 Å². The summed E-state index contributed by atoms with van der Waals surface area (Å²) in [5.74, 6) is 1.36. The largest absolute Gasteiger partial charge is 0.491 e. The molecule has 1 heterocycles. The second kappa shape index (κ2) is 8.39. The third-order valence-electron chi connectivity index (χ3n) is 5.18. The van der Waals surface area contributed by atoms with Crippen molar-refractivity contribution in [1.82, 2.24) is 0 Å². The third-order valence-corrected chi connectivity index (χ3v) is 5.48. The molecule has 0 unspecified atom stereocenters. The lowest BCUT2D eigenvalue weighted by Gasteiger charge is -2.31. The molecule has 0 spiro atoms. The number of para-hydroxylation sites is 1. The number of rotatable bonds is 7. The summed E-state index contributed by atoms with van der Waals surface area (Å²) in [6.45, 7) is 2.85. The van der Waals surface area contributed by atoms with E-state index < -0.39 is 0 Å². The Hall–Kier alpha value is -2.63. The molecule has 150 valence electrons. The van der Waals surface area contributed by atoms with Gasteiger partial charge in [0.15, 0.2) is 11.0 Å². The molecule has 2 aromatic carbocycles. The van der Waals surface area contributed by atoms with Crippen molar-refractivity contribution in [2.75, 3.05) is 13.2 Å². The van der Waals surface area contributed by atoms with Crippen molar-refractivity contribution in [3.8, 4) is 17.1 Å². The maximum Gasteiger partial charge on any atom is 0.193 e. The van der Waals surface area contributed by atoms with E-state index in [0.717, 1.165) is 36.0 Å². The smallest absolute Gasteiger partial charge is 0.193 e. The number of benzene rings is 2. The minimum Gasteiger partial charge on any atom is -0.491 e. The Balaban J connectivity index is 1.43. The Kier molecular flexibility index (Phi) is 5.69. The molecule has 0 bridgehead atoms. The molecule has 5 nitrogen and oxygen atoms in total. The van der Waals surface area contributed by atoms with E-state index in [0.29, 0.717) is 35.0 Å². The molecule has 0 radical (unpaired) electrons. The topological polar surface area (TPSA) is 65.7 Å². The molecule has 1 saturated carbocycles. The summed E-state index contributed by atoms with van der Waals surface area (Å²) in [7, 11) is 0. The highest BCUT2D eigenvalue weighted by Crippen LogP contribution is 2.30. The fraction of sp³-hybridized carbons (Fsp3) is 0.304. The molecule has 1 aliphatic rings. The van der Waals surface area contributed by atoms with Gasteiger partial charge in [-0.3, -0.25) is 4.79 Å². The Bertz CT molecular complexity index is 1100. The molecular formula is C23H21ClO5. The molecule has 4 rings (SSSR count). The standard InChI is InChI=1S/C23H21ClO5/c1-14-9-16(22-12-20(26)18-3-2-4-19(24)23(18)29-22)5-6-21(14)28-8-7-27-17-10-15(11-17)13-25/h2-6,9,12-13,15,17H,7-8,10-11H2,1H3. The average molecular weight is 413 g/mol. The fourth-order valence-corrected chi connectivity index (χ4v) is 3.68. The van der Waals surface area contributed by atoms with Gasteiger partial charge in [0, 0.05) is 17.5 Å². The van der Waals surface area contributed by atoms with Crippen LogP contribution in [0.4, 0.5) is 0 Å². The predicted molar refractivity (Wildman–Crippen MR) is 112 cm³/mol. The van der Waals surface area contributed by atoms with Crippen LogP contribution in [0.1, 0.15) is 18.4 Å². The van der Waals surface area contributed by atoms with E-state index in [4.69, 9.17) is 25.5 Å². The van der Waals surface area contributed by atoms with Gasteiger partial charge in [0.25, 0.3) is 0 Å². The molecule has 1 fully saturated rings. The molecule has 0 atom stereocenters. The fourth-order valence-electron chi connectivity index (χ4n) is 3.47. The quantitative estimate of drug-likeness (QED) is 0.412. The van der Waals surface area contributed by atoms with Crippen LogP contribution in [0.15, 0.2) is 51.7 Å². The van der Waals surface area contributed by atoms with E-state index in [9.17, 15) is 9.59 Å². The highest BCUT2D eigenvalue weighted by atomic mass is 35.5. The number of carbonyl (C=O) groups excluding carboxylic acids is 1. The summed E-state index contributed by atoms with van der Waals surface area (Å²) >= 11 is 6.19. The van der Waals surface area contributed by atoms with Gasteiger partial charge in [-0.15, -0.1) is 0 Å². The molecule has 0 amide bonds. The van der Waals surface area contributed by atoms with Crippen molar-refractivity contribution in [2.24, 2.45) is 5.92 Å². The van der Waals surface area contributed by atoms with Crippen LogP contribution in [0.3, 0.4) is 0 Å². The Morgan fingerprint density at radius 1 is 1.17 bits per heavy atom.